The highest BCUT2D eigenvalue weighted by molar-refractivity contribution is 8.72. The summed E-state index contributed by atoms with van der Waals surface area (Å²) in [7, 11) is 1.09. The first-order valence-electron chi connectivity index (χ1n) is 6.81. The zero-order chi connectivity index (χ0) is 11.8. The predicted molar refractivity (Wildman–Crippen MR) is 76.2 cm³/mol. The van der Waals surface area contributed by atoms with Gasteiger partial charge in [0.1, 0.15) is 5.25 Å². The van der Waals surface area contributed by atoms with Crippen LogP contribution in [0.25, 0.3) is 0 Å². The quantitative estimate of drug-likeness (QED) is 0.364. The van der Waals surface area contributed by atoms with Crippen LogP contribution in [0, 0.1) is 5.92 Å². The molecule has 0 aliphatic carbocycles. The lowest BCUT2D eigenvalue weighted by atomic mass is 9.94. The van der Waals surface area contributed by atoms with Gasteiger partial charge in [0, 0.05) is 22.4 Å². The fourth-order valence-corrected chi connectivity index (χ4v) is 5.95. The Morgan fingerprint density at radius 2 is 2.12 bits per heavy atom. The molecule has 3 atom stereocenters. The molecule has 1 heterocycles. The Labute approximate surface area is 108 Å². The maximum atomic E-state index is 11.5. The van der Waals surface area contributed by atoms with Gasteiger partial charge in [-0.1, -0.05) is 46.0 Å². The minimum atomic E-state index is -0.563. The minimum absolute atomic E-state index is 0.510. The van der Waals surface area contributed by atoms with Gasteiger partial charge >= 0.3 is 0 Å². The topological polar surface area (TPSA) is 23.1 Å². The summed E-state index contributed by atoms with van der Waals surface area (Å²) >= 11 is 0. The lowest BCUT2D eigenvalue weighted by molar-refractivity contribution is 0.409. The molecule has 3 heteroatoms. The molecule has 1 aliphatic heterocycles. The van der Waals surface area contributed by atoms with Crippen LogP contribution >= 0.6 is 10.8 Å². The number of rotatable bonds is 8. The van der Waals surface area contributed by atoms with E-state index < -0.39 is 10.2 Å². The van der Waals surface area contributed by atoms with Crippen LogP contribution in [-0.4, -0.2) is 15.6 Å². The Bertz CT molecular complexity index is 175. The Kier molecular flexibility index (Phi) is 8.01. The monoisotopic (exact) mass is 262 g/mol. The molecule has 0 radical (unpaired) electrons. The second-order valence-electron chi connectivity index (χ2n) is 4.84. The van der Waals surface area contributed by atoms with E-state index in [0.29, 0.717) is 5.25 Å². The lowest BCUT2D eigenvalue weighted by Crippen LogP contribution is -2.12. The zero-order valence-electron chi connectivity index (χ0n) is 10.7. The van der Waals surface area contributed by atoms with Gasteiger partial charge in [-0.15, -0.1) is 0 Å². The van der Waals surface area contributed by atoms with Gasteiger partial charge in [-0.3, -0.25) is 0 Å². The molecular formula is C13H26OS2. The molecule has 0 N–H and O–H groups in total. The van der Waals surface area contributed by atoms with Gasteiger partial charge in [0.25, 0.3) is 0 Å². The fourth-order valence-electron chi connectivity index (χ4n) is 2.46. The highest BCUT2D eigenvalue weighted by atomic mass is 33.1. The molecule has 0 aromatic heterocycles. The van der Waals surface area contributed by atoms with Crippen molar-refractivity contribution in [3.63, 3.8) is 0 Å². The molecule has 1 rings (SSSR count). The van der Waals surface area contributed by atoms with Gasteiger partial charge in [0.2, 0.25) is 0 Å². The molecule has 0 saturated carbocycles. The smallest absolute Gasteiger partial charge is 0.128 e. The molecule has 1 saturated heterocycles. The second kappa shape index (κ2) is 8.71. The summed E-state index contributed by atoms with van der Waals surface area (Å²) in [6.45, 7) is 4.59. The largest absolute Gasteiger partial charge is 0.605 e. The summed E-state index contributed by atoms with van der Waals surface area (Å²) in [6.07, 6.45) is 10.4. The predicted octanol–water partition coefficient (Wildman–Crippen LogP) is 4.54. The van der Waals surface area contributed by atoms with Crippen molar-refractivity contribution in [2.24, 2.45) is 5.92 Å². The summed E-state index contributed by atoms with van der Waals surface area (Å²) in [5.41, 5.74) is 0. The SMILES string of the molecule is CCCC(CC)CCCCC1CCS[S+]1[O-]. The van der Waals surface area contributed by atoms with Gasteiger partial charge < -0.3 is 4.55 Å². The first kappa shape index (κ1) is 14.7. The highest BCUT2D eigenvalue weighted by Crippen LogP contribution is 2.33. The lowest BCUT2D eigenvalue weighted by Gasteiger charge is -2.14. The first-order valence-corrected chi connectivity index (χ1v) is 9.53. The van der Waals surface area contributed by atoms with E-state index >= 15 is 0 Å². The number of hydrogen-bond acceptors (Lipinski definition) is 2. The molecule has 96 valence electrons. The fraction of sp³-hybridized carbons (Fsp3) is 1.00. The number of hydrogen-bond donors (Lipinski definition) is 0. The third-order valence-corrected chi connectivity index (χ3v) is 7.24. The molecule has 0 spiro atoms. The molecule has 1 aliphatic rings. The van der Waals surface area contributed by atoms with E-state index in [0.717, 1.165) is 11.7 Å². The van der Waals surface area contributed by atoms with E-state index in [-0.39, 0.29) is 0 Å². The van der Waals surface area contributed by atoms with Crippen LogP contribution in [-0.2, 0) is 10.2 Å². The van der Waals surface area contributed by atoms with Gasteiger partial charge in [-0.05, 0) is 18.8 Å². The van der Waals surface area contributed by atoms with E-state index in [1.807, 2.05) is 0 Å². The molecule has 1 fully saturated rings. The van der Waals surface area contributed by atoms with Crippen LogP contribution in [0.4, 0.5) is 0 Å². The zero-order valence-corrected chi connectivity index (χ0v) is 12.4. The third kappa shape index (κ3) is 5.33. The summed E-state index contributed by atoms with van der Waals surface area (Å²) < 4.78 is 11.5. The van der Waals surface area contributed by atoms with Gasteiger partial charge in [-0.2, -0.15) is 0 Å². The first-order chi connectivity index (χ1) is 7.77. The average Bonchev–Trinajstić information content (AvgIpc) is 2.69. The maximum Gasteiger partial charge on any atom is 0.128 e. The molecule has 16 heavy (non-hydrogen) atoms. The molecule has 0 bridgehead atoms. The van der Waals surface area contributed by atoms with Crippen LogP contribution in [0.5, 0.6) is 0 Å². The van der Waals surface area contributed by atoms with Crippen LogP contribution in [0.3, 0.4) is 0 Å². The average molecular weight is 262 g/mol. The van der Waals surface area contributed by atoms with Crippen LogP contribution in [0.2, 0.25) is 0 Å². The Balaban J connectivity index is 2.02. The Hall–Kier alpha value is 0.660. The minimum Gasteiger partial charge on any atom is -0.605 e. The van der Waals surface area contributed by atoms with Gasteiger partial charge in [0.05, 0.1) is 10.8 Å². The van der Waals surface area contributed by atoms with Crippen LogP contribution in [0.15, 0.2) is 0 Å². The van der Waals surface area contributed by atoms with Crippen molar-refractivity contribution in [1.29, 1.82) is 0 Å². The molecule has 0 aromatic carbocycles. The van der Waals surface area contributed by atoms with Crippen molar-refractivity contribution in [2.75, 3.05) is 5.75 Å². The summed E-state index contributed by atoms with van der Waals surface area (Å²) in [6, 6.07) is 0. The van der Waals surface area contributed by atoms with Crippen molar-refractivity contribution in [3.05, 3.63) is 0 Å². The van der Waals surface area contributed by atoms with Gasteiger partial charge in [-0.25, -0.2) is 0 Å². The third-order valence-electron chi connectivity index (χ3n) is 3.57. The van der Waals surface area contributed by atoms with E-state index in [9.17, 15) is 4.55 Å². The summed E-state index contributed by atoms with van der Waals surface area (Å²) in [4.78, 5) is 0. The normalized spacial score (nSPS) is 27.2. The van der Waals surface area contributed by atoms with Crippen LogP contribution < -0.4 is 0 Å². The van der Waals surface area contributed by atoms with Crippen molar-refractivity contribution in [1.82, 2.24) is 0 Å². The summed E-state index contributed by atoms with van der Waals surface area (Å²) in [5, 5.41) is 0.510. The highest BCUT2D eigenvalue weighted by Gasteiger charge is 2.30. The molecule has 3 unspecified atom stereocenters. The second-order valence-corrected chi connectivity index (χ2v) is 8.36. The maximum absolute atomic E-state index is 11.5. The Morgan fingerprint density at radius 1 is 1.31 bits per heavy atom. The molecule has 0 amide bonds. The van der Waals surface area contributed by atoms with Crippen molar-refractivity contribution in [3.8, 4) is 0 Å². The van der Waals surface area contributed by atoms with Crippen molar-refractivity contribution >= 4 is 21.0 Å². The summed E-state index contributed by atoms with van der Waals surface area (Å²) in [5.74, 6) is 2.05. The van der Waals surface area contributed by atoms with Crippen LogP contribution in [0.1, 0.15) is 65.2 Å². The van der Waals surface area contributed by atoms with Crippen molar-refractivity contribution in [2.45, 2.75) is 70.5 Å². The van der Waals surface area contributed by atoms with Crippen molar-refractivity contribution < 1.29 is 4.55 Å². The molecule has 1 nitrogen and oxygen atoms in total. The van der Waals surface area contributed by atoms with E-state index in [1.54, 1.807) is 10.8 Å². The standard InChI is InChI=1S/C13H26OS2/c1-3-7-12(4-2)8-5-6-9-13-10-11-15-16(13)14/h12-13H,3-11H2,1-2H3. The van der Waals surface area contributed by atoms with Gasteiger partial charge in [0.15, 0.2) is 0 Å². The molecule has 0 aromatic rings. The number of unbranched alkanes of at least 4 members (excludes halogenated alkanes) is 1. The van der Waals surface area contributed by atoms with E-state index in [4.69, 9.17) is 0 Å². The van der Waals surface area contributed by atoms with E-state index in [2.05, 4.69) is 13.8 Å². The Morgan fingerprint density at radius 3 is 2.69 bits per heavy atom. The molecular weight excluding hydrogens is 236 g/mol. The van der Waals surface area contributed by atoms with E-state index in [1.165, 1.54) is 51.4 Å².